The number of carbonyl (C=O) groups is 2. The first-order chi connectivity index (χ1) is 14.9. The number of nitrogens with zero attached hydrogens (tertiary/aromatic N) is 1. The normalized spacial score (nSPS) is 18.2. The van der Waals surface area contributed by atoms with Gasteiger partial charge in [0, 0.05) is 0 Å². The maximum atomic E-state index is 13.8. The van der Waals surface area contributed by atoms with E-state index < -0.39 is 17.4 Å². The van der Waals surface area contributed by atoms with Crippen molar-refractivity contribution in [2.24, 2.45) is 0 Å². The molecule has 6 heteroatoms. The van der Waals surface area contributed by atoms with Gasteiger partial charge in [-0.2, -0.15) is 0 Å². The van der Waals surface area contributed by atoms with Gasteiger partial charge in [-0.25, -0.2) is 9.18 Å². The van der Waals surface area contributed by atoms with E-state index in [9.17, 15) is 14.0 Å². The number of para-hydroxylation sites is 1. The molecule has 3 aromatic rings. The molecule has 0 spiro atoms. The van der Waals surface area contributed by atoms with Crippen LogP contribution in [0, 0.1) is 19.7 Å². The lowest BCUT2D eigenvalue weighted by Gasteiger charge is -2.28. The number of benzene rings is 3. The molecule has 0 saturated carbocycles. The van der Waals surface area contributed by atoms with Gasteiger partial charge in [0.25, 0.3) is 5.91 Å². The third-order valence-corrected chi connectivity index (χ3v) is 5.66. The Morgan fingerprint density at radius 1 is 0.903 bits per heavy atom. The summed E-state index contributed by atoms with van der Waals surface area (Å²) in [5.41, 5.74) is 2.16. The van der Waals surface area contributed by atoms with Gasteiger partial charge in [0.1, 0.15) is 6.61 Å². The summed E-state index contributed by atoms with van der Waals surface area (Å²) in [6.07, 6.45) is 0. The van der Waals surface area contributed by atoms with Gasteiger partial charge in [0.2, 0.25) is 0 Å². The topological polar surface area (TPSA) is 58.6 Å². The molecule has 0 aliphatic carbocycles. The van der Waals surface area contributed by atoms with E-state index in [2.05, 4.69) is 5.32 Å². The fraction of sp³-hybridized carbons (Fsp3) is 0.200. The van der Waals surface area contributed by atoms with Gasteiger partial charge in [-0.1, -0.05) is 60.7 Å². The van der Waals surface area contributed by atoms with E-state index in [0.717, 1.165) is 16.0 Å². The lowest BCUT2D eigenvalue weighted by atomic mass is 9.81. The van der Waals surface area contributed by atoms with Crippen LogP contribution in [0.3, 0.4) is 0 Å². The molecule has 0 radical (unpaired) electrons. The zero-order chi connectivity index (χ0) is 22.0. The first kappa shape index (κ1) is 20.6. The molecule has 5 nitrogen and oxygen atoms in total. The summed E-state index contributed by atoms with van der Waals surface area (Å²) in [4.78, 5) is 27.7. The quantitative estimate of drug-likeness (QED) is 0.607. The van der Waals surface area contributed by atoms with E-state index in [1.165, 1.54) is 12.1 Å². The van der Waals surface area contributed by atoms with Gasteiger partial charge in [-0.15, -0.1) is 0 Å². The molecule has 4 rings (SSSR count). The Kier molecular flexibility index (Phi) is 5.46. The zero-order valence-corrected chi connectivity index (χ0v) is 17.4. The largest absolute Gasteiger partial charge is 0.489 e. The second-order valence-corrected chi connectivity index (χ2v) is 7.58. The van der Waals surface area contributed by atoms with Gasteiger partial charge >= 0.3 is 6.03 Å². The SMILES string of the molecule is Cc1ccc([C@@]2(c3ccccc3)NC(=O)N(CCOc3ccccc3F)C2=O)cc1C. The summed E-state index contributed by atoms with van der Waals surface area (Å²) in [5.74, 6) is -0.796. The average molecular weight is 418 g/mol. The highest BCUT2D eigenvalue weighted by Crippen LogP contribution is 2.36. The minimum Gasteiger partial charge on any atom is -0.489 e. The van der Waals surface area contributed by atoms with Crippen molar-refractivity contribution in [3.63, 3.8) is 0 Å². The molecule has 1 fully saturated rings. The van der Waals surface area contributed by atoms with Crippen molar-refractivity contribution in [1.82, 2.24) is 10.2 Å². The Hall–Kier alpha value is -3.67. The summed E-state index contributed by atoms with van der Waals surface area (Å²) < 4.78 is 19.3. The van der Waals surface area contributed by atoms with Crippen molar-refractivity contribution < 1.29 is 18.7 Å². The number of nitrogens with one attached hydrogen (secondary N) is 1. The summed E-state index contributed by atoms with van der Waals surface area (Å²) in [6, 6.07) is 20.4. The van der Waals surface area contributed by atoms with Gasteiger partial charge in [0.05, 0.1) is 6.54 Å². The Morgan fingerprint density at radius 2 is 1.61 bits per heavy atom. The van der Waals surface area contributed by atoms with Crippen LogP contribution in [0.15, 0.2) is 72.8 Å². The zero-order valence-electron chi connectivity index (χ0n) is 17.4. The predicted octanol–water partition coefficient (Wildman–Crippen LogP) is 4.32. The summed E-state index contributed by atoms with van der Waals surface area (Å²) in [5, 5.41) is 2.91. The molecule has 1 saturated heterocycles. The highest BCUT2D eigenvalue weighted by molar-refractivity contribution is 6.09. The standard InChI is InChI=1S/C25H23FN2O3/c1-17-12-13-20(16-18(17)2)25(19-8-4-3-5-9-19)23(29)28(24(30)27-25)14-15-31-22-11-7-6-10-21(22)26/h3-13,16H,14-15H2,1-2H3,(H,27,30)/t25-/m1/s1. The number of rotatable bonds is 6. The van der Waals surface area contributed by atoms with E-state index in [1.807, 2.05) is 62.4 Å². The number of carbonyl (C=O) groups excluding carboxylic acids is 2. The molecule has 1 aliphatic heterocycles. The highest BCUT2D eigenvalue weighted by atomic mass is 19.1. The first-order valence-corrected chi connectivity index (χ1v) is 10.1. The number of hydrogen-bond acceptors (Lipinski definition) is 3. The smallest absolute Gasteiger partial charge is 0.325 e. The number of hydrogen-bond donors (Lipinski definition) is 1. The summed E-state index contributed by atoms with van der Waals surface area (Å²) >= 11 is 0. The molecule has 0 bridgehead atoms. The second kappa shape index (κ2) is 8.22. The van der Waals surface area contributed by atoms with Crippen LogP contribution < -0.4 is 10.1 Å². The molecule has 1 atom stereocenters. The van der Waals surface area contributed by atoms with E-state index in [4.69, 9.17) is 4.74 Å². The Morgan fingerprint density at radius 3 is 2.32 bits per heavy atom. The van der Waals surface area contributed by atoms with Crippen LogP contribution >= 0.6 is 0 Å². The number of aryl methyl sites for hydroxylation is 2. The number of imide groups is 1. The van der Waals surface area contributed by atoms with Crippen LogP contribution in [0.4, 0.5) is 9.18 Å². The van der Waals surface area contributed by atoms with E-state index >= 15 is 0 Å². The molecule has 1 aliphatic rings. The minimum atomic E-state index is -1.32. The molecule has 0 aromatic heterocycles. The van der Waals surface area contributed by atoms with Crippen LogP contribution in [0.5, 0.6) is 5.75 Å². The third-order valence-electron chi connectivity index (χ3n) is 5.66. The first-order valence-electron chi connectivity index (χ1n) is 10.1. The average Bonchev–Trinajstić information content (AvgIpc) is 3.03. The Bertz CT molecular complexity index is 1130. The Balaban J connectivity index is 1.65. The van der Waals surface area contributed by atoms with Crippen LogP contribution in [0.1, 0.15) is 22.3 Å². The van der Waals surface area contributed by atoms with Crippen molar-refractivity contribution in [2.75, 3.05) is 13.2 Å². The van der Waals surface area contributed by atoms with Crippen molar-refractivity contribution in [2.45, 2.75) is 19.4 Å². The molecule has 1 N–H and O–H groups in total. The monoisotopic (exact) mass is 418 g/mol. The molecular weight excluding hydrogens is 395 g/mol. The maximum absolute atomic E-state index is 13.8. The van der Waals surface area contributed by atoms with E-state index in [1.54, 1.807) is 12.1 Å². The second-order valence-electron chi connectivity index (χ2n) is 7.58. The predicted molar refractivity (Wildman–Crippen MR) is 115 cm³/mol. The molecular formula is C25H23FN2O3. The van der Waals surface area contributed by atoms with Crippen molar-refractivity contribution >= 4 is 11.9 Å². The van der Waals surface area contributed by atoms with Gasteiger partial charge in [-0.05, 0) is 48.2 Å². The molecule has 1 heterocycles. The molecule has 158 valence electrons. The van der Waals surface area contributed by atoms with Gasteiger partial charge in [0.15, 0.2) is 17.1 Å². The van der Waals surface area contributed by atoms with Crippen LogP contribution in [-0.4, -0.2) is 30.0 Å². The fourth-order valence-electron chi connectivity index (χ4n) is 3.81. The molecule has 3 amide bonds. The van der Waals surface area contributed by atoms with Gasteiger partial charge in [-0.3, -0.25) is 9.69 Å². The van der Waals surface area contributed by atoms with Crippen LogP contribution in [0.25, 0.3) is 0 Å². The molecule has 31 heavy (non-hydrogen) atoms. The fourth-order valence-corrected chi connectivity index (χ4v) is 3.81. The highest BCUT2D eigenvalue weighted by Gasteiger charge is 2.53. The van der Waals surface area contributed by atoms with E-state index in [-0.39, 0.29) is 24.8 Å². The van der Waals surface area contributed by atoms with Crippen molar-refractivity contribution in [3.05, 3.63) is 101 Å². The Labute approximate surface area is 180 Å². The van der Waals surface area contributed by atoms with Crippen molar-refractivity contribution in [1.29, 1.82) is 0 Å². The maximum Gasteiger partial charge on any atom is 0.325 e. The van der Waals surface area contributed by atoms with Crippen LogP contribution in [0.2, 0.25) is 0 Å². The van der Waals surface area contributed by atoms with E-state index in [0.29, 0.717) is 11.1 Å². The van der Waals surface area contributed by atoms with Crippen molar-refractivity contribution in [3.8, 4) is 5.75 Å². The summed E-state index contributed by atoms with van der Waals surface area (Å²) in [6.45, 7) is 3.95. The number of ether oxygens (including phenoxy) is 1. The number of amides is 3. The summed E-state index contributed by atoms with van der Waals surface area (Å²) in [7, 11) is 0. The molecule has 3 aromatic carbocycles. The minimum absolute atomic E-state index is 0.00156. The number of halogens is 1. The molecule has 0 unspecified atom stereocenters. The lowest BCUT2D eigenvalue weighted by molar-refractivity contribution is -0.130. The van der Waals surface area contributed by atoms with Gasteiger partial charge < -0.3 is 10.1 Å². The lowest BCUT2D eigenvalue weighted by Crippen LogP contribution is -2.45. The van der Waals surface area contributed by atoms with Crippen LogP contribution in [-0.2, 0) is 10.3 Å². The number of urea groups is 1. The third kappa shape index (κ3) is 3.65.